The van der Waals surface area contributed by atoms with Gasteiger partial charge in [-0.05, 0) is 41.9 Å². The highest BCUT2D eigenvalue weighted by Crippen LogP contribution is 2.28. The molecule has 1 saturated heterocycles. The van der Waals surface area contributed by atoms with Crippen LogP contribution in [-0.4, -0.2) is 41.4 Å². The number of hydrogen-bond donors (Lipinski definition) is 0. The van der Waals surface area contributed by atoms with Gasteiger partial charge in [0.15, 0.2) is 0 Å². The van der Waals surface area contributed by atoms with Crippen molar-refractivity contribution in [2.45, 2.75) is 25.9 Å². The summed E-state index contributed by atoms with van der Waals surface area (Å²) in [4.78, 5) is 17.5. The maximum atomic E-state index is 12.1. The maximum absolute atomic E-state index is 12.1. The van der Waals surface area contributed by atoms with Crippen molar-refractivity contribution < 1.29 is 4.79 Å². The Balaban J connectivity index is 2.13. The van der Waals surface area contributed by atoms with Gasteiger partial charge in [-0.2, -0.15) is 0 Å². The topological polar surface area (TPSA) is 23.6 Å². The van der Waals surface area contributed by atoms with Crippen LogP contribution in [0.5, 0.6) is 0 Å². The number of carbonyl (C=O) groups excluding carboxylic acids is 1. The number of amides is 1. The molecule has 1 amide bonds. The van der Waals surface area contributed by atoms with Crippen LogP contribution in [0, 0.1) is 0 Å². The first-order valence-corrected chi connectivity index (χ1v) is 7.27. The molecule has 2 heterocycles. The molecule has 0 spiro atoms. The van der Waals surface area contributed by atoms with Crippen LogP contribution in [0.1, 0.15) is 18.7 Å². The number of thiophene rings is 1. The van der Waals surface area contributed by atoms with Crippen molar-refractivity contribution in [3.05, 3.63) is 20.8 Å². The third-order valence-corrected chi connectivity index (χ3v) is 4.95. The number of halogens is 1. The standard InChI is InChI=1S/C12H17BrN2OS/c1-12(2)11(16)14(3)6-7-15(12)8-9-4-5-10(13)17-9/h4-5H,6-8H2,1-3H3. The summed E-state index contributed by atoms with van der Waals surface area (Å²) in [6.45, 7) is 6.61. The van der Waals surface area contributed by atoms with E-state index in [0.29, 0.717) is 0 Å². The lowest BCUT2D eigenvalue weighted by Gasteiger charge is -2.44. The minimum absolute atomic E-state index is 0.208. The fourth-order valence-corrected chi connectivity index (χ4v) is 3.65. The second kappa shape index (κ2) is 4.71. The summed E-state index contributed by atoms with van der Waals surface area (Å²) in [5, 5.41) is 0. The van der Waals surface area contributed by atoms with E-state index in [0.717, 1.165) is 23.4 Å². The summed E-state index contributed by atoms with van der Waals surface area (Å²) in [5.74, 6) is 0.208. The van der Waals surface area contributed by atoms with Crippen LogP contribution in [0.2, 0.25) is 0 Å². The summed E-state index contributed by atoms with van der Waals surface area (Å²) in [6.07, 6.45) is 0. The van der Waals surface area contributed by atoms with E-state index in [2.05, 4.69) is 33.0 Å². The van der Waals surface area contributed by atoms with E-state index in [9.17, 15) is 4.79 Å². The normalized spacial score (nSPS) is 20.9. The van der Waals surface area contributed by atoms with E-state index >= 15 is 0 Å². The molecule has 1 aliphatic heterocycles. The molecule has 5 heteroatoms. The first-order chi connectivity index (χ1) is 7.91. The lowest BCUT2D eigenvalue weighted by molar-refractivity contribution is -0.147. The number of piperazine rings is 1. The number of carbonyl (C=O) groups is 1. The van der Waals surface area contributed by atoms with E-state index in [1.807, 2.05) is 25.8 Å². The van der Waals surface area contributed by atoms with Crippen molar-refractivity contribution >= 4 is 33.2 Å². The lowest BCUT2D eigenvalue weighted by Crippen LogP contribution is -2.61. The SMILES string of the molecule is CN1CCN(Cc2ccc(Br)s2)C(C)(C)C1=O. The second-order valence-electron chi connectivity index (χ2n) is 4.91. The monoisotopic (exact) mass is 316 g/mol. The minimum Gasteiger partial charge on any atom is -0.343 e. The van der Waals surface area contributed by atoms with Gasteiger partial charge in [-0.3, -0.25) is 9.69 Å². The molecule has 0 N–H and O–H groups in total. The Bertz CT molecular complexity index is 430. The predicted octanol–water partition coefficient (Wildman–Crippen LogP) is 2.56. The molecule has 0 bridgehead atoms. The van der Waals surface area contributed by atoms with E-state index in [-0.39, 0.29) is 5.91 Å². The van der Waals surface area contributed by atoms with E-state index in [1.165, 1.54) is 4.88 Å². The van der Waals surface area contributed by atoms with Gasteiger partial charge in [0.2, 0.25) is 5.91 Å². The van der Waals surface area contributed by atoms with Gasteiger partial charge in [0.1, 0.15) is 0 Å². The third-order valence-electron chi connectivity index (χ3n) is 3.34. The second-order valence-corrected chi connectivity index (χ2v) is 7.46. The van der Waals surface area contributed by atoms with Crippen LogP contribution in [0.4, 0.5) is 0 Å². The molecule has 1 fully saturated rings. The van der Waals surface area contributed by atoms with Crippen molar-refractivity contribution in [3.8, 4) is 0 Å². The quantitative estimate of drug-likeness (QED) is 0.837. The van der Waals surface area contributed by atoms with Gasteiger partial charge < -0.3 is 4.90 Å². The van der Waals surface area contributed by atoms with Crippen LogP contribution in [0.15, 0.2) is 15.9 Å². The van der Waals surface area contributed by atoms with Crippen molar-refractivity contribution in [3.63, 3.8) is 0 Å². The zero-order chi connectivity index (χ0) is 12.6. The van der Waals surface area contributed by atoms with Gasteiger partial charge in [0, 0.05) is 31.6 Å². The highest BCUT2D eigenvalue weighted by atomic mass is 79.9. The molecule has 0 saturated carbocycles. The molecule has 0 unspecified atom stereocenters. The molecule has 3 nitrogen and oxygen atoms in total. The molecule has 1 aromatic rings. The Hall–Kier alpha value is -0.390. The molecule has 94 valence electrons. The molecule has 0 atom stereocenters. The molecule has 0 aromatic carbocycles. The lowest BCUT2D eigenvalue weighted by atomic mass is 9.98. The zero-order valence-electron chi connectivity index (χ0n) is 10.4. The molecule has 1 aliphatic rings. The van der Waals surface area contributed by atoms with Gasteiger partial charge >= 0.3 is 0 Å². The van der Waals surface area contributed by atoms with Crippen LogP contribution < -0.4 is 0 Å². The first-order valence-electron chi connectivity index (χ1n) is 5.66. The number of hydrogen-bond acceptors (Lipinski definition) is 3. The zero-order valence-corrected chi connectivity index (χ0v) is 12.8. The molecule has 0 radical (unpaired) electrons. The molecule has 1 aromatic heterocycles. The maximum Gasteiger partial charge on any atom is 0.242 e. The summed E-state index contributed by atoms with van der Waals surface area (Å²) < 4.78 is 1.14. The van der Waals surface area contributed by atoms with E-state index in [4.69, 9.17) is 0 Å². The summed E-state index contributed by atoms with van der Waals surface area (Å²) in [6, 6.07) is 4.18. The van der Waals surface area contributed by atoms with Gasteiger partial charge in [0.25, 0.3) is 0 Å². The predicted molar refractivity (Wildman–Crippen MR) is 74.1 cm³/mol. The number of rotatable bonds is 2. The van der Waals surface area contributed by atoms with Crippen molar-refractivity contribution in [2.24, 2.45) is 0 Å². The number of likely N-dealkylation sites (N-methyl/N-ethyl adjacent to an activating group) is 1. The molecule has 0 aliphatic carbocycles. The average molecular weight is 317 g/mol. The van der Waals surface area contributed by atoms with Crippen LogP contribution in [0.3, 0.4) is 0 Å². The average Bonchev–Trinajstić information content (AvgIpc) is 2.66. The van der Waals surface area contributed by atoms with Gasteiger partial charge in [-0.15, -0.1) is 11.3 Å². The Kier molecular flexibility index (Phi) is 3.61. The fourth-order valence-electron chi connectivity index (χ4n) is 2.16. The minimum atomic E-state index is -0.399. The van der Waals surface area contributed by atoms with E-state index in [1.54, 1.807) is 11.3 Å². The number of nitrogens with zero attached hydrogens (tertiary/aromatic N) is 2. The van der Waals surface area contributed by atoms with Crippen molar-refractivity contribution in [2.75, 3.05) is 20.1 Å². The summed E-state index contributed by atoms with van der Waals surface area (Å²) in [5.41, 5.74) is -0.399. The Morgan fingerprint density at radius 2 is 2.12 bits per heavy atom. The van der Waals surface area contributed by atoms with E-state index < -0.39 is 5.54 Å². The van der Waals surface area contributed by atoms with Crippen LogP contribution in [0.25, 0.3) is 0 Å². The largest absolute Gasteiger partial charge is 0.343 e. The highest BCUT2D eigenvalue weighted by molar-refractivity contribution is 9.11. The van der Waals surface area contributed by atoms with Crippen molar-refractivity contribution in [1.29, 1.82) is 0 Å². The van der Waals surface area contributed by atoms with Gasteiger partial charge in [-0.1, -0.05) is 0 Å². The molecule has 17 heavy (non-hydrogen) atoms. The van der Waals surface area contributed by atoms with Gasteiger partial charge in [-0.25, -0.2) is 0 Å². The highest BCUT2D eigenvalue weighted by Gasteiger charge is 2.40. The van der Waals surface area contributed by atoms with Crippen LogP contribution >= 0.6 is 27.3 Å². The third kappa shape index (κ3) is 2.56. The molecular formula is C12H17BrN2OS. The fraction of sp³-hybridized carbons (Fsp3) is 0.583. The molecule has 2 rings (SSSR count). The summed E-state index contributed by atoms with van der Waals surface area (Å²) in [7, 11) is 1.88. The Morgan fingerprint density at radius 3 is 2.71 bits per heavy atom. The Morgan fingerprint density at radius 1 is 1.41 bits per heavy atom. The first kappa shape index (κ1) is 13.1. The van der Waals surface area contributed by atoms with Crippen LogP contribution in [-0.2, 0) is 11.3 Å². The van der Waals surface area contributed by atoms with Gasteiger partial charge in [0.05, 0.1) is 9.33 Å². The smallest absolute Gasteiger partial charge is 0.242 e. The Labute approximate surface area is 115 Å². The van der Waals surface area contributed by atoms with Crippen molar-refractivity contribution in [1.82, 2.24) is 9.80 Å². The molecular weight excluding hydrogens is 300 g/mol. The summed E-state index contributed by atoms with van der Waals surface area (Å²) >= 11 is 5.21.